The molecule has 1 amide bonds. The minimum atomic E-state index is -0.783. The Labute approximate surface area is 165 Å². The van der Waals surface area contributed by atoms with Crippen LogP contribution in [-0.4, -0.2) is 18.1 Å². The van der Waals surface area contributed by atoms with Crippen LogP contribution in [0.3, 0.4) is 0 Å². The summed E-state index contributed by atoms with van der Waals surface area (Å²) in [6.45, 7) is 0. The fourth-order valence-corrected chi connectivity index (χ4v) is 2.37. The van der Waals surface area contributed by atoms with E-state index in [1.807, 2.05) is 0 Å². The predicted octanol–water partition coefficient (Wildman–Crippen LogP) is 4.46. The molecule has 7 heteroatoms. The second kappa shape index (κ2) is 8.92. The largest absolute Gasteiger partial charge is 0.423 e. The monoisotopic (exact) mass is 396 g/mol. The predicted molar refractivity (Wildman–Crippen MR) is 104 cm³/mol. The molecule has 0 aliphatic rings. The quantitative estimate of drug-likeness (QED) is 0.299. The highest BCUT2D eigenvalue weighted by atomic mass is 35.5. The number of carbonyl (C=O) groups is 2. The minimum absolute atomic E-state index is 0.141. The normalized spacial score (nSPS) is 10.6. The Bertz CT molecular complexity index is 1020. The van der Waals surface area contributed by atoms with E-state index in [9.17, 15) is 14.0 Å². The van der Waals surface area contributed by atoms with Crippen LogP contribution in [0.5, 0.6) is 5.75 Å². The average molecular weight is 397 g/mol. The molecule has 0 unspecified atom stereocenters. The number of hydrazone groups is 1. The molecule has 0 spiro atoms. The van der Waals surface area contributed by atoms with Crippen LogP contribution in [-0.2, 0) is 0 Å². The molecule has 0 radical (unpaired) electrons. The molecule has 1 N–H and O–H groups in total. The Morgan fingerprint density at radius 3 is 2.32 bits per heavy atom. The molecular formula is C21H14ClFN2O3. The number of nitrogens with one attached hydrogen (secondary N) is 1. The number of amides is 1. The van der Waals surface area contributed by atoms with Crippen molar-refractivity contribution in [2.45, 2.75) is 0 Å². The van der Waals surface area contributed by atoms with E-state index < -0.39 is 11.8 Å². The van der Waals surface area contributed by atoms with Gasteiger partial charge in [-0.15, -0.1) is 0 Å². The van der Waals surface area contributed by atoms with Gasteiger partial charge in [0.1, 0.15) is 11.6 Å². The number of halogens is 2. The average Bonchev–Trinajstić information content (AvgIpc) is 2.70. The van der Waals surface area contributed by atoms with Crippen molar-refractivity contribution in [2.24, 2.45) is 5.10 Å². The summed E-state index contributed by atoms with van der Waals surface area (Å²) in [5.74, 6) is -1.54. The van der Waals surface area contributed by atoms with Gasteiger partial charge in [-0.25, -0.2) is 14.6 Å². The highest BCUT2D eigenvalue weighted by molar-refractivity contribution is 6.30. The Hall–Kier alpha value is -3.51. The number of benzene rings is 3. The van der Waals surface area contributed by atoms with Gasteiger partial charge in [0.15, 0.2) is 0 Å². The molecule has 3 aromatic carbocycles. The van der Waals surface area contributed by atoms with Crippen LogP contribution >= 0.6 is 11.6 Å². The maximum absolute atomic E-state index is 13.6. The van der Waals surface area contributed by atoms with Gasteiger partial charge in [0.05, 0.1) is 11.8 Å². The third-order valence-electron chi connectivity index (χ3n) is 3.67. The summed E-state index contributed by atoms with van der Waals surface area (Å²) in [5.41, 5.74) is 3.36. The van der Waals surface area contributed by atoms with Crippen LogP contribution < -0.4 is 10.2 Å². The SMILES string of the molecule is O=C(N/N=C/c1ccc(OC(=O)c2ccccc2F)cc1)c1ccc(Cl)cc1. The molecule has 0 bridgehead atoms. The van der Waals surface area contributed by atoms with Gasteiger partial charge in [-0.1, -0.05) is 23.7 Å². The molecule has 28 heavy (non-hydrogen) atoms. The first-order valence-electron chi connectivity index (χ1n) is 8.19. The highest BCUT2D eigenvalue weighted by Gasteiger charge is 2.13. The Balaban J connectivity index is 1.57. The number of esters is 1. The lowest BCUT2D eigenvalue weighted by molar-refractivity contribution is 0.0729. The lowest BCUT2D eigenvalue weighted by Crippen LogP contribution is -2.17. The fraction of sp³-hybridized carbons (Fsp3) is 0. The molecule has 5 nitrogen and oxygen atoms in total. The van der Waals surface area contributed by atoms with Crippen LogP contribution in [0.4, 0.5) is 4.39 Å². The number of nitrogens with zero attached hydrogens (tertiary/aromatic N) is 1. The molecule has 140 valence electrons. The zero-order valence-corrected chi connectivity index (χ0v) is 15.2. The molecule has 3 rings (SSSR count). The molecule has 0 saturated carbocycles. The van der Waals surface area contributed by atoms with Gasteiger partial charge in [0.2, 0.25) is 0 Å². The van der Waals surface area contributed by atoms with Gasteiger partial charge in [-0.2, -0.15) is 5.10 Å². The topological polar surface area (TPSA) is 67.8 Å². The number of rotatable bonds is 5. The van der Waals surface area contributed by atoms with E-state index in [0.29, 0.717) is 16.1 Å². The van der Waals surface area contributed by atoms with Crippen molar-refractivity contribution in [1.29, 1.82) is 0 Å². The second-order valence-corrected chi connectivity index (χ2v) is 6.08. The van der Waals surface area contributed by atoms with Gasteiger partial charge in [-0.3, -0.25) is 4.79 Å². The van der Waals surface area contributed by atoms with E-state index in [1.54, 1.807) is 54.6 Å². The lowest BCUT2D eigenvalue weighted by atomic mass is 10.2. The molecule has 0 aromatic heterocycles. The second-order valence-electron chi connectivity index (χ2n) is 5.64. The number of hydrogen-bond acceptors (Lipinski definition) is 4. The molecule has 0 saturated heterocycles. The zero-order valence-electron chi connectivity index (χ0n) is 14.4. The first-order valence-corrected chi connectivity index (χ1v) is 8.56. The maximum Gasteiger partial charge on any atom is 0.346 e. The first kappa shape index (κ1) is 19.3. The molecule has 0 aliphatic heterocycles. The smallest absolute Gasteiger partial charge is 0.346 e. The van der Waals surface area contributed by atoms with Crippen LogP contribution in [0.25, 0.3) is 0 Å². The van der Waals surface area contributed by atoms with Crippen molar-refractivity contribution >= 4 is 29.7 Å². The summed E-state index contributed by atoms with van der Waals surface area (Å²) in [7, 11) is 0. The van der Waals surface area contributed by atoms with Gasteiger partial charge in [-0.05, 0) is 66.2 Å². The van der Waals surface area contributed by atoms with Gasteiger partial charge < -0.3 is 4.74 Å². The fourth-order valence-electron chi connectivity index (χ4n) is 2.24. The molecular weight excluding hydrogens is 383 g/mol. The number of hydrogen-bond donors (Lipinski definition) is 1. The maximum atomic E-state index is 13.6. The molecule has 0 atom stereocenters. The third kappa shape index (κ3) is 5.02. The van der Waals surface area contributed by atoms with Gasteiger partial charge >= 0.3 is 5.97 Å². The van der Waals surface area contributed by atoms with Crippen molar-refractivity contribution in [3.63, 3.8) is 0 Å². The number of ether oxygens (including phenoxy) is 1. The molecule has 0 fully saturated rings. The van der Waals surface area contributed by atoms with Crippen molar-refractivity contribution in [3.05, 3.63) is 100 Å². The lowest BCUT2D eigenvalue weighted by Gasteiger charge is -2.05. The van der Waals surface area contributed by atoms with E-state index in [0.717, 1.165) is 0 Å². The standard InChI is InChI=1S/C21H14ClFN2O3/c22-16-9-7-15(8-10-16)20(26)25-24-13-14-5-11-17(12-6-14)28-21(27)18-3-1-2-4-19(18)23/h1-13H,(H,25,26)/b24-13+. The van der Waals surface area contributed by atoms with Crippen molar-refractivity contribution in [3.8, 4) is 5.75 Å². The molecule has 3 aromatic rings. The zero-order chi connectivity index (χ0) is 19.9. The number of carbonyl (C=O) groups excluding carboxylic acids is 2. The van der Waals surface area contributed by atoms with Gasteiger partial charge in [0, 0.05) is 10.6 Å². The van der Waals surface area contributed by atoms with Gasteiger partial charge in [0.25, 0.3) is 5.91 Å². The summed E-state index contributed by atoms with van der Waals surface area (Å²) in [4.78, 5) is 23.9. The van der Waals surface area contributed by atoms with E-state index in [1.165, 1.54) is 24.4 Å². The van der Waals surface area contributed by atoms with Crippen molar-refractivity contribution in [2.75, 3.05) is 0 Å². The summed E-state index contributed by atoms with van der Waals surface area (Å²) >= 11 is 5.78. The van der Waals surface area contributed by atoms with E-state index >= 15 is 0 Å². The molecule has 0 aliphatic carbocycles. The minimum Gasteiger partial charge on any atom is -0.423 e. The van der Waals surface area contributed by atoms with Crippen LogP contribution in [0.15, 0.2) is 77.9 Å². The third-order valence-corrected chi connectivity index (χ3v) is 3.92. The molecule has 0 heterocycles. The van der Waals surface area contributed by atoms with Crippen LogP contribution in [0.1, 0.15) is 26.3 Å². The first-order chi connectivity index (χ1) is 13.5. The van der Waals surface area contributed by atoms with Crippen LogP contribution in [0.2, 0.25) is 5.02 Å². The summed E-state index contributed by atoms with van der Waals surface area (Å²) in [6, 6.07) is 18.4. The van der Waals surface area contributed by atoms with E-state index in [4.69, 9.17) is 16.3 Å². The Morgan fingerprint density at radius 2 is 1.64 bits per heavy atom. The van der Waals surface area contributed by atoms with Crippen molar-refractivity contribution < 1.29 is 18.7 Å². The van der Waals surface area contributed by atoms with Crippen molar-refractivity contribution in [1.82, 2.24) is 5.43 Å². The van der Waals surface area contributed by atoms with E-state index in [-0.39, 0.29) is 17.2 Å². The van der Waals surface area contributed by atoms with E-state index in [2.05, 4.69) is 10.5 Å². The summed E-state index contributed by atoms with van der Waals surface area (Å²) in [6.07, 6.45) is 1.44. The Morgan fingerprint density at radius 1 is 0.964 bits per heavy atom. The van der Waals surface area contributed by atoms with Crippen LogP contribution in [0, 0.1) is 5.82 Å². The highest BCUT2D eigenvalue weighted by Crippen LogP contribution is 2.15. The summed E-state index contributed by atoms with van der Waals surface area (Å²) in [5, 5.41) is 4.41. The Kier molecular flexibility index (Phi) is 6.14. The summed E-state index contributed by atoms with van der Waals surface area (Å²) < 4.78 is 18.7.